The molecule has 1 saturated heterocycles. The van der Waals surface area contributed by atoms with E-state index < -0.39 is 0 Å². The lowest BCUT2D eigenvalue weighted by molar-refractivity contribution is 0.258. The SMILES string of the molecule is CC1CNCCN(CCCC2CC2)C1. The molecule has 0 aromatic carbocycles. The van der Waals surface area contributed by atoms with Crippen LogP contribution in [-0.2, 0) is 0 Å². The van der Waals surface area contributed by atoms with Gasteiger partial charge in [-0.05, 0) is 37.8 Å². The Hall–Kier alpha value is -0.0800. The molecular formula is C12H24N2. The van der Waals surface area contributed by atoms with Gasteiger partial charge >= 0.3 is 0 Å². The summed E-state index contributed by atoms with van der Waals surface area (Å²) in [6.45, 7) is 8.65. The van der Waals surface area contributed by atoms with Crippen LogP contribution in [0.1, 0.15) is 32.6 Å². The maximum Gasteiger partial charge on any atom is 0.0107 e. The van der Waals surface area contributed by atoms with E-state index in [4.69, 9.17) is 0 Å². The number of hydrogen-bond acceptors (Lipinski definition) is 2. The minimum absolute atomic E-state index is 0.832. The van der Waals surface area contributed by atoms with Crippen molar-refractivity contribution in [2.24, 2.45) is 11.8 Å². The molecule has 14 heavy (non-hydrogen) atoms. The van der Waals surface area contributed by atoms with Crippen molar-refractivity contribution in [3.05, 3.63) is 0 Å². The van der Waals surface area contributed by atoms with Gasteiger partial charge in [0.1, 0.15) is 0 Å². The van der Waals surface area contributed by atoms with Crippen molar-refractivity contribution in [2.45, 2.75) is 32.6 Å². The number of rotatable bonds is 4. The summed E-state index contributed by atoms with van der Waals surface area (Å²) in [4.78, 5) is 2.65. The van der Waals surface area contributed by atoms with Crippen molar-refractivity contribution in [1.82, 2.24) is 10.2 Å². The molecule has 1 unspecified atom stereocenters. The molecular weight excluding hydrogens is 172 g/mol. The van der Waals surface area contributed by atoms with Crippen LogP contribution in [0.3, 0.4) is 0 Å². The maximum atomic E-state index is 3.50. The van der Waals surface area contributed by atoms with E-state index in [2.05, 4.69) is 17.1 Å². The zero-order valence-electron chi connectivity index (χ0n) is 9.47. The zero-order chi connectivity index (χ0) is 9.80. The predicted molar refractivity (Wildman–Crippen MR) is 60.4 cm³/mol. The van der Waals surface area contributed by atoms with Gasteiger partial charge < -0.3 is 10.2 Å². The molecule has 1 aliphatic heterocycles. The molecule has 1 atom stereocenters. The molecule has 1 aliphatic carbocycles. The Kier molecular flexibility index (Phi) is 3.82. The van der Waals surface area contributed by atoms with Gasteiger partial charge in [0.15, 0.2) is 0 Å². The first-order valence-corrected chi connectivity index (χ1v) is 6.27. The van der Waals surface area contributed by atoms with Gasteiger partial charge in [-0.15, -0.1) is 0 Å². The average Bonchev–Trinajstić information content (AvgIpc) is 2.94. The summed E-state index contributed by atoms with van der Waals surface area (Å²) in [5.41, 5.74) is 0. The third-order valence-corrected chi connectivity index (χ3v) is 3.45. The van der Waals surface area contributed by atoms with E-state index >= 15 is 0 Å². The van der Waals surface area contributed by atoms with E-state index in [1.165, 1.54) is 58.4 Å². The Morgan fingerprint density at radius 2 is 2.21 bits per heavy atom. The second kappa shape index (κ2) is 5.13. The fourth-order valence-corrected chi connectivity index (χ4v) is 2.40. The van der Waals surface area contributed by atoms with Gasteiger partial charge in [-0.25, -0.2) is 0 Å². The summed E-state index contributed by atoms with van der Waals surface area (Å²) in [7, 11) is 0. The van der Waals surface area contributed by atoms with E-state index in [0.29, 0.717) is 0 Å². The third kappa shape index (κ3) is 3.58. The predicted octanol–water partition coefficient (Wildman–Crippen LogP) is 1.72. The Labute approximate surface area is 88.1 Å². The van der Waals surface area contributed by atoms with E-state index in [0.717, 1.165) is 11.8 Å². The van der Waals surface area contributed by atoms with Crippen LogP contribution < -0.4 is 5.32 Å². The summed E-state index contributed by atoms with van der Waals surface area (Å²) in [5, 5.41) is 3.50. The van der Waals surface area contributed by atoms with Gasteiger partial charge in [0.2, 0.25) is 0 Å². The molecule has 82 valence electrons. The van der Waals surface area contributed by atoms with Gasteiger partial charge in [-0.1, -0.05) is 19.8 Å². The van der Waals surface area contributed by atoms with Gasteiger partial charge in [-0.2, -0.15) is 0 Å². The lowest BCUT2D eigenvalue weighted by Gasteiger charge is -2.21. The molecule has 1 saturated carbocycles. The Balaban J connectivity index is 1.61. The Bertz CT molecular complexity index is 166. The highest BCUT2D eigenvalue weighted by molar-refractivity contribution is 4.75. The third-order valence-electron chi connectivity index (χ3n) is 3.45. The lowest BCUT2D eigenvalue weighted by Crippen LogP contribution is -2.30. The maximum absolute atomic E-state index is 3.50. The molecule has 0 spiro atoms. The molecule has 2 nitrogen and oxygen atoms in total. The molecule has 1 heterocycles. The molecule has 0 amide bonds. The number of nitrogens with one attached hydrogen (secondary N) is 1. The first-order valence-electron chi connectivity index (χ1n) is 6.27. The second-order valence-electron chi connectivity index (χ2n) is 5.20. The molecule has 2 fully saturated rings. The van der Waals surface area contributed by atoms with Crippen LogP contribution in [0.4, 0.5) is 0 Å². The summed E-state index contributed by atoms with van der Waals surface area (Å²) in [6, 6.07) is 0. The molecule has 2 rings (SSSR count). The molecule has 0 aromatic rings. The first-order chi connectivity index (χ1) is 6.84. The van der Waals surface area contributed by atoms with Crippen molar-refractivity contribution in [2.75, 3.05) is 32.7 Å². The summed E-state index contributed by atoms with van der Waals surface area (Å²) >= 11 is 0. The summed E-state index contributed by atoms with van der Waals surface area (Å²) < 4.78 is 0. The molecule has 2 heteroatoms. The summed E-state index contributed by atoms with van der Waals surface area (Å²) in [6.07, 6.45) is 5.94. The molecule has 2 aliphatic rings. The normalized spacial score (nSPS) is 30.2. The number of hydrogen-bond donors (Lipinski definition) is 1. The average molecular weight is 196 g/mol. The van der Waals surface area contributed by atoms with Crippen LogP contribution >= 0.6 is 0 Å². The van der Waals surface area contributed by atoms with Crippen molar-refractivity contribution in [3.8, 4) is 0 Å². The summed E-state index contributed by atoms with van der Waals surface area (Å²) in [5.74, 6) is 1.94. The van der Waals surface area contributed by atoms with Gasteiger partial charge in [0, 0.05) is 19.6 Å². The van der Waals surface area contributed by atoms with Gasteiger partial charge in [-0.3, -0.25) is 0 Å². The smallest absolute Gasteiger partial charge is 0.0107 e. The molecule has 0 bridgehead atoms. The highest BCUT2D eigenvalue weighted by atomic mass is 15.2. The minimum atomic E-state index is 0.832. The molecule has 0 radical (unpaired) electrons. The number of nitrogens with zero attached hydrogens (tertiary/aromatic N) is 1. The van der Waals surface area contributed by atoms with Crippen LogP contribution in [0, 0.1) is 11.8 Å². The van der Waals surface area contributed by atoms with Crippen molar-refractivity contribution in [1.29, 1.82) is 0 Å². The highest BCUT2D eigenvalue weighted by Gasteiger charge is 2.21. The Morgan fingerprint density at radius 1 is 1.36 bits per heavy atom. The molecule has 0 aromatic heterocycles. The molecule has 1 N–H and O–H groups in total. The minimum Gasteiger partial charge on any atom is -0.315 e. The monoisotopic (exact) mass is 196 g/mol. The fourth-order valence-electron chi connectivity index (χ4n) is 2.40. The fraction of sp³-hybridized carbons (Fsp3) is 1.00. The largest absolute Gasteiger partial charge is 0.315 e. The van der Waals surface area contributed by atoms with Crippen LogP contribution in [0.15, 0.2) is 0 Å². The van der Waals surface area contributed by atoms with Crippen molar-refractivity contribution >= 4 is 0 Å². The van der Waals surface area contributed by atoms with Gasteiger partial charge in [0.05, 0.1) is 0 Å². The lowest BCUT2D eigenvalue weighted by atomic mass is 10.1. The van der Waals surface area contributed by atoms with Crippen molar-refractivity contribution in [3.63, 3.8) is 0 Å². The zero-order valence-corrected chi connectivity index (χ0v) is 9.47. The van der Waals surface area contributed by atoms with Crippen LogP contribution in [0.25, 0.3) is 0 Å². The quantitative estimate of drug-likeness (QED) is 0.736. The van der Waals surface area contributed by atoms with Crippen molar-refractivity contribution < 1.29 is 0 Å². The van der Waals surface area contributed by atoms with Gasteiger partial charge in [0.25, 0.3) is 0 Å². The highest BCUT2D eigenvalue weighted by Crippen LogP contribution is 2.33. The van der Waals surface area contributed by atoms with E-state index in [1.54, 1.807) is 0 Å². The second-order valence-corrected chi connectivity index (χ2v) is 5.20. The first kappa shape index (κ1) is 10.4. The van der Waals surface area contributed by atoms with E-state index in [1.807, 2.05) is 0 Å². The topological polar surface area (TPSA) is 15.3 Å². The van der Waals surface area contributed by atoms with Crippen LogP contribution in [-0.4, -0.2) is 37.6 Å². The van der Waals surface area contributed by atoms with Crippen LogP contribution in [0.2, 0.25) is 0 Å². The standard InChI is InChI=1S/C12H24N2/c1-11-9-13-6-8-14(10-11)7-2-3-12-4-5-12/h11-13H,2-10H2,1H3. The van der Waals surface area contributed by atoms with E-state index in [-0.39, 0.29) is 0 Å². The Morgan fingerprint density at radius 3 is 3.00 bits per heavy atom. The van der Waals surface area contributed by atoms with Crippen LogP contribution in [0.5, 0.6) is 0 Å². The van der Waals surface area contributed by atoms with E-state index in [9.17, 15) is 0 Å².